The van der Waals surface area contributed by atoms with E-state index in [2.05, 4.69) is 398 Å². The molecule has 0 saturated carbocycles. The minimum absolute atomic E-state index is 0.0197. The summed E-state index contributed by atoms with van der Waals surface area (Å²) in [6.45, 7) is 20.8. The number of hydrogen-bond donors (Lipinski definition) is 0. The summed E-state index contributed by atoms with van der Waals surface area (Å²) in [5.74, 6) is 0. The van der Waals surface area contributed by atoms with E-state index in [0.717, 1.165) is 84.2 Å². The van der Waals surface area contributed by atoms with Gasteiger partial charge in [-0.2, -0.15) is 0 Å². The monoisotopic (exact) mass is 1330 g/mol. The fourth-order valence-electron chi connectivity index (χ4n) is 17.2. The Kier molecular flexibility index (Phi) is 14.4. The predicted molar refractivity (Wildman–Crippen MR) is 447 cm³/mol. The molecule has 3 heterocycles. The molecule has 0 bridgehead atoms. The lowest BCUT2D eigenvalue weighted by Crippen LogP contribution is -2.61. The van der Waals surface area contributed by atoms with Crippen LogP contribution in [0.3, 0.4) is 0 Å². The average molecular weight is 1330 g/mol. The molecule has 0 spiro atoms. The summed E-state index contributed by atoms with van der Waals surface area (Å²) in [6.07, 6.45) is 0. The molecule has 0 amide bonds. The van der Waals surface area contributed by atoms with Gasteiger partial charge in [0, 0.05) is 55.8 Å². The Balaban J connectivity index is 1.00. The lowest BCUT2D eigenvalue weighted by molar-refractivity contribution is 0.590. The van der Waals surface area contributed by atoms with Crippen LogP contribution in [0.2, 0.25) is 0 Å². The molecule has 19 rings (SSSR count). The van der Waals surface area contributed by atoms with Crippen molar-refractivity contribution in [3.8, 4) is 72.4 Å². The van der Waals surface area contributed by atoms with Crippen molar-refractivity contribution in [1.29, 1.82) is 0 Å². The second-order valence-corrected chi connectivity index (χ2v) is 32.1. The van der Waals surface area contributed by atoms with Gasteiger partial charge in [-0.15, -0.1) is 0 Å². The maximum absolute atomic E-state index is 2.72. The number of nitrogens with zero attached hydrogens (tertiary/aromatic N) is 3. The standard InChI is InChI=1S/C100H80BN3/c1-98(2,3)75-53-72-45-43-70-51-74(52-71-44-46-73(54-75)94(72)93(70)71)69-48-50-90-86(56-69)101-85-55-68(63-29-15-10-16-30-63)47-49-89(85)103(96-81(64-31-17-11-18-32-64)57-76(99(4,5)6)58-82(96)65-33-19-12-20-34-65)91-61-78(102-87-41-27-25-39-79(87)80-40-26-28-42-88(80)102)62-92(95(91)101)104(90)97-83(66-35-21-13-22-36-66)59-77(100(7,8)9)60-84(97)67-37-23-14-24-38-67/h10-62H,1-9H3. The van der Waals surface area contributed by atoms with Crippen molar-refractivity contribution in [2.45, 2.75) is 78.6 Å². The van der Waals surface area contributed by atoms with Crippen molar-refractivity contribution in [2.24, 2.45) is 0 Å². The van der Waals surface area contributed by atoms with E-state index in [0.29, 0.717) is 0 Å². The molecule has 2 aliphatic rings. The maximum Gasteiger partial charge on any atom is 0.252 e. The van der Waals surface area contributed by atoms with Crippen molar-refractivity contribution >= 4 is 111 Å². The molecular weight excluding hydrogens is 1250 g/mol. The summed E-state index contributed by atoms with van der Waals surface area (Å²) in [5.41, 5.74) is 31.3. The molecule has 0 atom stereocenters. The Morgan fingerprint density at radius 1 is 0.250 bits per heavy atom. The second-order valence-electron chi connectivity index (χ2n) is 32.1. The zero-order valence-corrected chi connectivity index (χ0v) is 60.5. The van der Waals surface area contributed by atoms with Gasteiger partial charge in [0.2, 0.25) is 0 Å². The van der Waals surface area contributed by atoms with Crippen molar-refractivity contribution in [2.75, 3.05) is 9.80 Å². The molecule has 104 heavy (non-hydrogen) atoms. The van der Waals surface area contributed by atoms with Crippen LogP contribution >= 0.6 is 0 Å². The normalized spacial score (nSPS) is 13.0. The first-order valence-corrected chi connectivity index (χ1v) is 36.9. The minimum Gasteiger partial charge on any atom is -0.310 e. The summed E-state index contributed by atoms with van der Waals surface area (Å²) in [4.78, 5) is 5.43. The SMILES string of the molecule is CC(C)(C)c1cc(-c2ccccc2)c(N2c3ccc(-c4ccccc4)cc3B3c4cc(-c5cc6ccc7cc(C(C)(C)C)cc8ccc(c5)c6c78)ccc4N(c4c(-c5ccccc5)cc(C(C)(C)C)cc4-c4ccccc4)c4cc(-n5c6ccccc6c6ccccc65)cc2c43)c(-c2ccccc2)c1. The van der Waals surface area contributed by atoms with Gasteiger partial charge in [0.1, 0.15) is 0 Å². The molecule has 17 aromatic rings. The fourth-order valence-corrected chi connectivity index (χ4v) is 17.2. The molecule has 2 aliphatic heterocycles. The van der Waals surface area contributed by atoms with Crippen LogP contribution in [-0.2, 0) is 16.2 Å². The first-order valence-electron chi connectivity index (χ1n) is 36.9. The van der Waals surface area contributed by atoms with Gasteiger partial charge in [-0.05, 0) is 199 Å². The van der Waals surface area contributed by atoms with Gasteiger partial charge in [0.05, 0.1) is 28.1 Å². The summed E-state index contributed by atoms with van der Waals surface area (Å²) in [6, 6.07) is 123. The van der Waals surface area contributed by atoms with Gasteiger partial charge in [-0.3, -0.25) is 0 Å². The molecule has 1 aromatic heterocycles. The average Bonchev–Trinajstić information content (AvgIpc) is 0.823. The smallest absolute Gasteiger partial charge is 0.252 e. The fraction of sp³-hybridized carbons (Fsp3) is 0.120. The quantitative estimate of drug-likeness (QED) is 0.105. The van der Waals surface area contributed by atoms with E-state index >= 15 is 0 Å². The highest BCUT2D eigenvalue weighted by atomic mass is 15.2. The van der Waals surface area contributed by atoms with Crippen LogP contribution in [0.4, 0.5) is 34.1 Å². The van der Waals surface area contributed by atoms with Crippen LogP contribution in [0.1, 0.15) is 79.0 Å². The largest absolute Gasteiger partial charge is 0.310 e. The van der Waals surface area contributed by atoms with Gasteiger partial charge in [0.25, 0.3) is 6.71 Å². The van der Waals surface area contributed by atoms with Crippen LogP contribution in [0, 0.1) is 0 Å². The third kappa shape index (κ3) is 10.2. The van der Waals surface area contributed by atoms with Crippen LogP contribution in [0.5, 0.6) is 0 Å². The zero-order valence-electron chi connectivity index (χ0n) is 60.5. The van der Waals surface area contributed by atoms with Gasteiger partial charge in [-0.1, -0.05) is 311 Å². The number of aromatic nitrogens is 1. The summed E-state index contributed by atoms with van der Waals surface area (Å²) < 4.78 is 2.55. The molecule has 0 aliphatic carbocycles. The third-order valence-corrected chi connectivity index (χ3v) is 22.5. The molecular formula is C100H80BN3. The number of fused-ring (bicyclic) bond motifs is 7. The van der Waals surface area contributed by atoms with E-state index in [1.807, 2.05) is 0 Å². The highest BCUT2D eigenvalue weighted by Crippen LogP contribution is 2.56. The van der Waals surface area contributed by atoms with Gasteiger partial charge >= 0.3 is 0 Å². The zero-order chi connectivity index (χ0) is 70.5. The topological polar surface area (TPSA) is 11.4 Å². The molecule has 4 heteroatoms. The highest BCUT2D eigenvalue weighted by molar-refractivity contribution is 7.00. The Morgan fingerprint density at radius 2 is 0.567 bits per heavy atom. The lowest BCUT2D eigenvalue weighted by atomic mass is 9.33. The van der Waals surface area contributed by atoms with Crippen LogP contribution in [0.25, 0.3) is 127 Å². The van der Waals surface area contributed by atoms with E-state index in [4.69, 9.17) is 0 Å². The van der Waals surface area contributed by atoms with Crippen LogP contribution in [-0.4, -0.2) is 11.3 Å². The summed E-state index contributed by atoms with van der Waals surface area (Å²) in [5, 5.41) is 10.2. The van der Waals surface area contributed by atoms with Crippen molar-refractivity contribution in [1.82, 2.24) is 4.57 Å². The number of rotatable bonds is 9. The third-order valence-electron chi connectivity index (χ3n) is 22.5. The number of hydrogen-bond acceptors (Lipinski definition) is 2. The highest BCUT2D eigenvalue weighted by Gasteiger charge is 2.46. The minimum atomic E-state index is -0.279. The van der Waals surface area contributed by atoms with Gasteiger partial charge < -0.3 is 14.4 Å². The summed E-state index contributed by atoms with van der Waals surface area (Å²) >= 11 is 0. The first-order chi connectivity index (χ1) is 50.5. The molecule has 0 N–H and O–H groups in total. The molecule has 498 valence electrons. The Hall–Kier alpha value is -12.0. The molecule has 3 nitrogen and oxygen atoms in total. The number of anilines is 6. The van der Waals surface area contributed by atoms with E-state index in [1.165, 1.54) is 110 Å². The molecule has 0 saturated heterocycles. The Bertz CT molecular complexity index is 6010. The van der Waals surface area contributed by atoms with E-state index in [9.17, 15) is 0 Å². The molecule has 0 radical (unpaired) electrons. The van der Waals surface area contributed by atoms with Crippen molar-refractivity contribution in [3.05, 3.63) is 338 Å². The van der Waals surface area contributed by atoms with E-state index < -0.39 is 0 Å². The summed E-state index contributed by atoms with van der Waals surface area (Å²) in [7, 11) is 0. The van der Waals surface area contributed by atoms with Gasteiger partial charge in [-0.25, -0.2) is 0 Å². The molecule has 0 unspecified atom stereocenters. The van der Waals surface area contributed by atoms with Crippen LogP contribution in [0.15, 0.2) is 322 Å². The Morgan fingerprint density at radius 3 is 0.933 bits per heavy atom. The predicted octanol–water partition coefficient (Wildman–Crippen LogP) is 25.7. The lowest BCUT2D eigenvalue weighted by Gasteiger charge is -2.46. The number of benzene rings is 16. The van der Waals surface area contributed by atoms with Crippen LogP contribution < -0.4 is 26.2 Å². The van der Waals surface area contributed by atoms with Gasteiger partial charge in [0.15, 0.2) is 0 Å². The van der Waals surface area contributed by atoms with Crippen molar-refractivity contribution in [3.63, 3.8) is 0 Å². The Labute approximate surface area is 611 Å². The van der Waals surface area contributed by atoms with E-state index in [-0.39, 0.29) is 23.0 Å². The first kappa shape index (κ1) is 63.0. The maximum atomic E-state index is 2.72. The van der Waals surface area contributed by atoms with E-state index in [1.54, 1.807) is 0 Å². The second kappa shape index (κ2) is 23.8. The van der Waals surface area contributed by atoms with Crippen molar-refractivity contribution < 1.29 is 0 Å². The molecule has 16 aromatic carbocycles. The number of para-hydroxylation sites is 2. The molecule has 0 fully saturated rings.